The number of para-hydroxylation sites is 1. The molecule has 6 nitrogen and oxygen atoms in total. The van der Waals surface area contributed by atoms with E-state index >= 15 is 0 Å². The number of esters is 1. The number of carbonyl (C=O) groups excluding carboxylic acids is 2. The second-order valence-electron chi connectivity index (χ2n) is 6.15. The van der Waals surface area contributed by atoms with Crippen LogP contribution in [0.3, 0.4) is 0 Å². The van der Waals surface area contributed by atoms with Gasteiger partial charge in [0.25, 0.3) is 5.91 Å². The number of nitrogens with one attached hydrogen (secondary N) is 1. The molecule has 1 aromatic heterocycles. The molecule has 1 aromatic carbocycles. The first-order valence-electron chi connectivity index (χ1n) is 8.16. The Labute approximate surface area is 146 Å². The van der Waals surface area contributed by atoms with Gasteiger partial charge < -0.3 is 10.1 Å². The van der Waals surface area contributed by atoms with Crippen molar-refractivity contribution in [1.82, 2.24) is 4.57 Å². The Bertz CT molecular complexity index is 858. The Morgan fingerprint density at radius 3 is 2.56 bits per heavy atom. The monoisotopic (exact) mass is 337 g/mol. The number of hydrogen-bond acceptors (Lipinski definition) is 4. The summed E-state index contributed by atoms with van der Waals surface area (Å²) in [5.41, 5.74) is 2.92. The van der Waals surface area contributed by atoms with Crippen molar-refractivity contribution < 1.29 is 14.3 Å². The van der Waals surface area contributed by atoms with Crippen LogP contribution in [0, 0.1) is 31.1 Å². The summed E-state index contributed by atoms with van der Waals surface area (Å²) in [7, 11) is 0. The lowest BCUT2D eigenvalue weighted by molar-refractivity contribution is -0.148. The molecule has 3 rings (SSSR count). The van der Waals surface area contributed by atoms with Gasteiger partial charge in [-0.1, -0.05) is 18.2 Å². The minimum absolute atomic E-state index is 0.0554. The third kappa shape index (κ3) is 3.41. The summed E-state index contributed by atoms with van der Waals surface area (Å²) in [6, 6.07) is 11.6. The van der Waals surface area contributed by atoms with Crippen molar-refractivity contribution in [3.8, 4) is 11.8 Å². The molecule has 0 bridgehead atoms. The first-order valence-corrected chi connectivity index (χ1v) is 8.16. The van der Waals surface area contributed by atoms with Crippen molar-refractivity contribution in [2.45, 2.75) is 26.7 Å². The maximum absolute atomic E-state index is 12.2. The largest absolute Gasteiger partial charge is 0.455 e. The van der Waals surface area contributed by atoms with Gasteiger partial charge >= 0.3 is 5.97 Å². The SMILES string of the molecule is Cc1c(C#N)c(NC(=O)COC(=O)C2CC2)n(-c2ccccc2)c1C. The Balaban J connectivity index is 1.86. The topological polar surface area (TPSA) is 84.1 Å². The molecule has 0 spiro atoms. The number of benzene rings is 1. The van der Waals surface area contributed by atoms with Crippen LogP contribution in [0.15, 0.2) is 30.3 Å². The zero-order valence-corrected chi connectivity index (χ0v) is 14.2. The van der Waals surface area contributed by atoms with Gasteiger partial charge in [0.1, 0.15) is 11.9 Å². The van der Waals surface area contributed by atoms with E-state index in [0.717, 1.165) is 29.8 Å². The molecule has 1 N–H and O–H groups in total. The van der Waals surface area contributed by atoms with E-state index in [9.17, 15) is 14.9 Å². The molecule has 0 aliphatic heterocycles. The molecule has 1 aliphatic rings. The first-order chi connectivity index (χ1) is 12.0. The van der Waals surface area contributed by atoms with Gasteiger partial charge in [-0.05, 0) is 44.4 Å². The van der Waals surface area contributed by atoms with Crippen molar-refractivity contribution >= 4 is 17.7 Å². The average molecular weight is 337 g/mol. The van der Waals surface area contributed by atoms with Crippen LogP contribution in [0.1, 0.15) is 29.7 Å². The Hall–Kier alpha value is -3.07. The fourth-order valence-electron chi connectivity index (χ4n) is 2.70. The lowest BCUT2D eigenvalue weighted by atomic mass is 10.2. The number of aromatic nitrogens is 1. The van der Waals surface area contributed by atoms with Crippen LogP contribution in [-0.4, -0.2) is 23.1 Å². The molecule has 1 amide bonds. The second-order valence-corrected chi connectivity index (χ2v) is 6.15. The van der Waals surface area contributed by atoms with Gasteiger partial charge in [0.05, 0.1) is 11.5 Å². The van der Waals surface area contributed by atoms with Gasteiger partial charge in [0.2, 0.25) is 0 Å². The third-order valence-electron chi connectivity index (χ3n) is 4.35. The van der Waals surface area contributed by atoms with E-state index in [0.29, 0.717) is 11.4 Å². The van der Waals surface area contributed by atoms with Crippen LogP contribution in [0.4, 0.5) is 5.82 Å². The summed E-state index contributed by atoms with van der Waals surface area (Å²) < 4.78 is 6.84. The van der Waals surface area contributed by atoms with Crippen molar-refractivity contribution in [1.29, 1.82) is 5.26 Å². The highest BCUT2D eigenvalue weighted by Crippen LogP contribution is 2.31. The van der Waals surface area contributed by atoms with Gasteiger partial charge in [0.15, 0.2) is 6.61 Å². The molecule has 6 heteroatoms. The van der Waals surface area contributed by atoms with E-state index in [1.54, 1.807) is 0 Å². The minimum Gasteiger partial charge on any atom is -0.455 e. The standard InChI is InChI=1S/C19H19N3O3/c1-12-13(2)22(15-6-4-3-5-7-15)18(16(12)10-20)21-17(23)11-25-19(24)14-8-9-14/h3-7,14H,8-9,11H2,1-2H3,(H,21,23). The lowest BCUT2D eigenvalue weighted by Crippen LogP contribution is -2.23. The molecule has 25 heavy (non-hydrogen) atoms. The van der Waals surface area contributed by atoms with Crippen LogP contribution < -0.4 is 5.32 Å². The van der Waals surface area contributed by atoms with Crippen LogP contribution in [0.5, 0.6) is 0 Å². The zero-order chi connectivity index (χ0) is 18.0. The smallest absolute Gasteiger partial charge is 0.309 e. The summed E-state index contributed by atoms with van der Waals surface area (Å²) in [6.45, 7) is 3.39. The van der Waals surface area contributed by atoms with Crippen LogP contribution in [0.25, 0.3) is 5.69 Å². The molecule has 1 saturated carbocycles. The molecule has 128 valence electrons. The first kappa shape index (κ1) is 16.8. The number of hydrogen-bond donors (Lipinski definition) is 1. The quantitative estimate of drug-likeness (QED) is 0.850. The fraction of sp³-hybridized carbons (Fsp3) is 0.316. The summed E-state index contributed by atoms with van der Waals surface area (Å²) in [5, 5.41) is 12.2. The number of anilines is 1. The van der Waals surface area contributed by atoms with Crippen LogP contribution in [-0.2, 0) is 14.3 Å². The summed E-state index contributed by atoms with van der Waals surface area (Å²) in [5.74, 6) is -0.446. The number of rotatable bonds is 5. The van der Waals surface area contributed by atoms with Crippen LogP contribution >= 0.6 is 0 Å². The van der Waals surface area contributed by atoms with Gasteiger partial charge in [-0.2, -0.15) is 5.26 Å². The number of ether oxygens (including phenoxy) is 1. The summed E-state index contributed by atoms with van der Waals surface area (Å²) in [6.07, 6.45) is 1.66. The van der Waals surface area contributed by atoms with Gasteiger partial charge in [-0.15, -0.1) is 0 Å². The lowest BCUT2D eigenvalue weighted by Gasteiger charge is -2.13. The molecule has 0 radical (unpaired) electrons. The number of nitrogens with zero attached hydrogens (tertiary/aromatic N) is 2. The third-order valence-corrected chi connectivity index (χ3v) is 4.35. The summed E-state index contributed by atoms with van der Waals surface area (Å²) >= 11 is 0. The Morgan fingerprint density at radius 1 is 1.28 bits per heavy atom. The normalized spacial score (nSPS) is 13.2. The van der Waals surface area contributed by atoms with Crippen molar-refractivity contribution in [3.63, 3.8) is 0 Å². The van der Waals surface area contributed by atoms with Gasteiger partial charge in [-0.25, -0.2) is 0 Å². The summed E-state index contributed by atoms with van der Waals surface area (Å²) in [4.78, 5) is 23.8. The Kier molecular flexibility index (Phi) is 4.57. The van der Waals surface area contributed by atoms with Crippen LogP contribution in [0.2, 0.25) is 0 Å². The predicted octanol–water partition coefficient (Wildman–Crippen LogP) is 2.86. The minimum atomic E-state index is -0.458. The maximum atomic E-state index is 12.2. The van der Waals surface area contributed by atoms with Gasteiger partial charge in [-0.3, -0.25) is 14.2 Å². The van der Waals surface area contributed by atoms with Crippen molar-refractivity contribution in [2.75, 3.05) is 11.9 Å². The van der Waals surface area contributed by atoms with E-state index in [2.05, 4.69) is 11.4 Å². The molecule has 1 fully saturated rings. The van der Waals surface area contributed by atoms with Crippen molar-refractivity contribution in [3.05, 3.63) is 47.2 Å². The van der Waals surface area contributed by atoms with E-state index in [1.165, 1.54) is 0 Å². The van der Waals surface area contributed by atoms with E-state index in [1.807, 2.05) is 48.7 Å². The molecule has 1 heterocycles. The highest BCUT2D eigenvalue weighted by Gasteiger charge is 2.31. The van der Waals surface area contributed by atoms with E-state index in [-0.39, 0.29) is 18.5 Å². The molecule has 2 aromatic rings. The molecule has 1 aliphatic carbocycles. The number of nitriles is 1. The second kappa shape index (κ2) is 6.81. The highest BCUT2D eigenvalue weighted by molar-refractivity contribution is 5.94. The zero-order valence-electron chi connectivity index (χ0n) is 14.2. The average Bonchev–Trinajstić information content (AvgIpc) is 3.43. The molecule has 0 atom stereocenters. The van der Waals surface area contributed by atoms with Gasteiger partial charge in [0, 0.05) is 11.4 Å². The van der Waals surface area contributed by atoms with Crippen molar-refractivity contribution in [2.24, 2.45) is 5.92 Å². The predicted molar refractivity (Wildman–Crippen MR) is 92.3 cm³/mol. The Morgan fingerprint density at radius 2 is 1.96 bits per heavy atom. The molecular weight excluding hydrogens is 318 g/mol. The maximum Gasteiger partial charge on any atom is 0.309 e. The van der Waals surface area contributed by atoms with E-state index < -0.39 is 5.91 Å². The number of amides is 1. The number of carbonyl (C=O) groups is 2. The highest BCUT2D eigenvalue weighted by atomic mass is 16.5. The molecular formula is C19H19N3O3. The van der Waals surface area contributed by atoms with E-state index in [4.69, 9.17) is 4.74 Å². The molecule has 0 unspecified atom stereocenters. The fourth-order valence-corrected chi connectivity index (χ4v) is 2.70. The molecule has 0 saturated heterocycles.